The zero-order valence-electron chi connectivity index (χ0n) is 13.1. The van der Waals surface area contributed by atoms with Crippen molar-refractivity contribution in [1.29, 1.82) is 0 Å². The topological polar surface area (TPSA) is 62.1 Å². The van der Waals surface area contributed by atoms with Gasteiger partial charge in [0, 0.05) is 17.7 Å². The van der Waals surface area contributed by atoms with Crippen molar-refractivity contribution in [1.82, 2.24) is 5.01 Å². The second kappa shape index (κ2) is 6.41. The van der Waals surface area contributed by atoms with Crippen molar-refractivity contribution in [3.8, 4) is 5.75 Å². The van der Waals surface area contributed by atoms with Crippen LogP contribution in [0.1, 0.15) is 18.9 Å². The highest BCUT2D eigenvalue weighted by Gasteiger charge is 2.44. The van der Waals surface area contributed by atoms with Crippen molar-refractivity contribution in [3.05, 3.63) is 66.0 Å². The molecule has 3 rings (SSSR count). The molecular weight excluding hydrogens is 311 g/mol. The first-order valence-corrected chi connectivity index (χ1v) is 7.52. The molecule has 0 saturated carbocycles. The minimum absolute atomic E-state index is 0.235. The summed E-state index contributed by atoms with van der Waals surface area (Å²) in [6, 6.07) is 14.3. The van der Waals surface area contributed by atoms with Gasteiger partial charge in [0.15, 0.2) is 12.3 Å². The fourth-order valence-corrected chi connectivity index (χ4v) is 2.65. The second-order valence-corrected chi connectivity index (χ2v) is 5.64. The number of benzene rings is 2. The summed E-state index contributed by atoms with van der Waals surface area (Å²) >= 11 is 0. The van der Waals surface area contributed by atoms with Gasteiger partial charge in [-0.05, 0) is 31.2 Å². The number of amides is 1. The van der Waals surface area contributed by atoms with Gasteiger partial charge < -0.3 is 9.84 Å². The summed E-state index contributed by atoms with van der Waals surface area (Å²) in [6.07, 6.45) is 0.235. The molecule has 1 N–H and O–H groups in total. The largest absolute Gasteiger partial charge is 0.484 e. The summed E-state index contributed by atoms with van der Waals surface area (Å²) in [5, 5.41) is 16.2. The predicted molar refractivity (Wildman–Crippen MR) is 86.8 cm³/mol. The third-order valence-electron chi connectivity index (χ3n) is 3.77. The monoisotopic (exact) mass is 328 g/mol. The van der Waals surface area contributed by atoms with Crippen LogP contribution in [0.5, 0.6) is 5.75 Å². The molecule has 2 aromatic rings. The molecule has 0 bridgehead atoms. The van der Waals surface area contributed by atoms with Gasteiger partial charge in [0.25, 0.3) is 5.91 Å². The van der Waals surface area contributed by atoms with E-state index in [9.17, 15) is 14.3 Å². The molecule has 1 atom stereocenters. The molecule has 0 saturated heterocycles. The Morgan fingerprint density at radius 1 is 1.25 bits per heavy atom. The number of hydrogen-bond acceptors (Lipinski definition) is 4. The maximum absolute atomic E-state index is 12.9. The number of halogens is 1. The molecule has 1 amide bonds. The first kappa shape index (κ1) is 16.1. The fourth-order valence-electron chi connectivity index (χ4n) is 2.65. The van der Waals surface area contributed by atoms with Crippen molar-refractivity contribution in [2.24, 2.45) is 5.10 Å². The van der Waals surface area contributed by atoms with Crippen LogP contribution in [0.15, 0.2) is 59.7 Å². The van der Waals surface area contributed by atoms with Crippen LogP contribution in [0.3, 0.4) is 0 Å². The Hall–Kier alpha value is -2.73. The molecule has 0 spiro atoms. The first-order chi connectivity index (χ1) is 11.5. The van der Waals surface area contributed by atoms with Gasteiger partial charge in [0.05, 0.1) is 0 Å². The summed E-state index contributed by atoms with van der Waals surface area (Å²) in [5.74, 6) is -0.498. The average Bonchev–Trinajstić information content (AvgIpc) is 2.91. The SMILES string of the molecule is CC1=NN(C(=O)COc2ccc(F)cc2)[C@](O)(c2ccccc2)C1. The fraction of sp³-hybridized carbons (Fsp3) is 0.222. The Kier molecular flexibility index (Phi) is 4.31. The first-order valence-electron chi connectivity index (χ1n) is 7.52. The van der Waals surface area contributed by atoms with Crippen LogP contribution in [0, 0.1) is 5.82 Å². The number of hydrazone groups is 1. The van der Waals surface area contributed by atoms with Gasteiger partial charge in [-0.2, -0.15) is 10.1 Å². The van der Waals surface area contributed by atoms with Gasteiger partial charge in [-0.15, -0.1) is 0 Å². The van der Waals surface area contributed by atoms with Crippen LogP contribution in [0.2, 0.25) is 0 Å². The summed E-state index contributed by atoms with van der Waals surface area (Å²) in [7, 11) is 0. The van der Waals surface area contributed by atoms with E-state index in [2.05, 4.69) is 5.10 Å². The molecule has 5 nitrogen and oxygen atoms in total. The predicted octanol–water partition coefficient (Wildman–Crippen LogP) is 2.66. The quantitative estimate of drug-likeness (QED) is 0.938. The summed E-state index contributed by atoms with van der Waals surface area (Å²) in [4.78, 5) is 12.5. The molecule has 2 aromatic carbocycles. The van der Waals surface area contributed by atoms with Crippen LogP contribution >= 0.6 is 0 Å². The number of rotatable bonds is 4. The molecule has 0 aromatic heterocycles. The van der Waals surface area contributed by atoms with Crippen molar-refractivity contribution in [2.75, 3.05) is 6.61 Å². The van der Waals surface area contributed by atoms with Gasteiger partial charge in [0.1, 0.15) is 11.6 Å². The molecule has 1 aliphatic rings. The van der Waals surface area contributed by atoms with Crippen molar-refractivity contribution in [3.63, 3.8) is 0 Å². The minimum atomic E-state index is -1.52. The van der Waals surface area contributed by atoms with E-state index in [1.54, 1.807) is 31.2 Å². The Morgan fingerprint density at radius 2 is 1.92 bits per heavy atom. The Bertz CT molecular complexity index is 762. The third-order valence-corrected chi connectivity index (χ3v) is 3.77. The lowest BCUT2D eigenvalue weighted by Gasteiger charge is -2.31. The van der Waals surface area contributed by atoms with E-state index in [0.717, 1.165) is 5.01 Å². The van der Waals surface area contributed by atoms with E-state index in [1.807, 2.05) is 6.07 Å². The van der Waals surface area contributed by atoms with Crippen LogP contribution < -0.4 is 4.74 Å². The lowest BCUT2D eigenvalue weighted by Crippen LogP contribution is -2.45. The zero-order valence-corrected chi connectivity index (χ0v) is 13.1. The van der Waals surface area contributed by atoms with Crippen molar-refractivity contribution >= 4 is 11.6 Å². The molecular formula is C18H17FN2O3. The number of nitrogens with zero attached hydrogens (tertiary/aromatic N) is 2. The van der Waals surface area contributed by atoms with E-state index in [-0.39, 0.29) is 18.8 Å². The Balaban J connectivity index is 1.75. The maximum Gasteiger partial charge on any atom is 0.283 e. The summed E-state index contributed by atoms with van der Waals surface area (Å²) in [5.41, 5.74) is -0.286. The van der Waals surface area contributed by atoms with Gasteiger partial charge in [-0.1, -0.05) is 30.3 Å². The van der Waals surface area contributed by atoms with Crippen LogP contribution in [-0.2, 0) is 10.5 Å². The maximum atomic E-state index is 12.9. The minimum Gasteiger partial charge on any atom is -0.484 e. The van der Waals surface area contributed by atoms with Gasteiger partial charge >= 0.3 is 0 Å². The molecule has 0 fully saturated rings. The van der Waals surface area contributed by atoms with Gasteiger partial charge in [-0.3, -0.25) is 4.79 Å². The Labute approximate surface area is 139 Å². The number of aliphatic hydroxyl groups is 1. The molecule has 0 aliphatic carbocycles. The van der Waals surface area contributed by atoms with Gasteiger partial charge in [-0.25, -0.2) is 4.39 Å². The lowest BCUT2D eigenvalue weighted by molar-refractivity contribution is -0.159. The van der Waals surface area contributed by atoms with E-state index in [0.29, 0.717) is 17.0 Å². The van der Waals surface area contributed by atoms with E-state index < -0.39 is 11.6 Å². The molecule has 0 unspecified atom stereocenters. The molecule has 1 aliphatic heterocycles. The molecule has 6 heteroatoms. The van der Waals surface area contributed by atoms with Crippen molar-refractivity contribution < 1.29 is 19.0 Å². The number of hydrogen-bond donors (Lipinski definition) is 1. The molecule has 1 heterocycles. The number of carbonyl (C=O) groups is 1. The molecule has 24 heavy (non-hydrogen) atoms. The van der Waals surface area contributed by atoms with E-state index >= 15 is 0 Å². The zero-order chi connectivity index (χ0) is 17.2. The van der Waals surface area contributed by atoms with E-state index in [4.69, 9.17) is 4.74 Å². The average molecular weight is 328 g/mol. The van der Waals surface area contributed by atoms with Crippen LogP contribution in [0.25, 0.3) is 0 Å². The molecule has 124 valence electrons. The third kappa shape index (κ3) is 3.14. The summed E-state index contributed by atoms with van der Waals surface area (Å²) in [6.45, 7) is 1.44. The standard InChI is InChI=1S/C18H17FN2O3/c1-13-11-18(23,14-5-3-2-4-6-14)21(20-13)17(22)12-24-16-9-7-15(19)8-10-16/h2-10,23H,11-12H2,1H3/t18-/m1/s1. The second-order valence-electron chi connectivity index (χ2n) is 5.64. The highest BCUT2D eigenvalue weighted by molar-refractivity contribution is 5.89. The highest BCUT2D eigenvalue weighted by atomic mass is 19.1. The Morgan fingerprint density at radius 3 is 2.58 bits per heavy atom. The number of carbonyl (C=O) groups excluding carboxylic acids is 1. The van der Waals surface area contributed by atoms with Crippen LogP contribution in [-0.4, -0.2) is 28.3 Å². The highest BCUT2D eigenvalue weighted by Crippen LogP contribution is 2.35. The smallest absolute Gasteiger partial charge is 0.283 e. The van der Waals surface area contributed by atoms with Crippen molar-refractivity contribution in [2.45, 2.75) is 19.1 Å². The summed E-state index contributed by atoms with van der Waals surface area (Å²) < 4.78 is 18.2. The van der Waals surface area contributed by atoms with E-state index in [1.165, 1.54) is 24.3 Å². The molecule has 0 radical (unpaired) electrons. The normalized spacial score (nSPS) is 20.0. The lowest BCUT2D eigenvalue weighted by atomic mass is 9.98. The number of ether oxygens (including phenoxy) is 1. The van der Waals surface area contributed by atoms with Crippen LogP contribution in [0.4, 0.5) is 4.39 Å². The van der Waals surface area contributed by atoms with Gasteiger partial charge in [0.2, 0.25) is 0 Å².